The van der Waals surface area contributed by atoms with Gasteiger partial charge in [0.05, 0.1) is 6.61 Å². The number of fused-ring (bicyclic) bond motifs is 1. The molecule has 2 atom stereocenters. The van der Waals surface area contributed by atoms with Gasteiger partial charge in [-0.05, 0) is 63.6 Å². The van der Waals surface area contributed by atoms with Gasteiger partial charge in [-0.15, -0.1) is 0 Å². The zero-order valence-corrected chi connectivity index (χ0v) is 16.6. The lowest BCUT2D eigenvalue weighted by Gasteiger charge is -2.22. The van der Waals surface area contributed by atoms with Crippen LogP contribution in [0.2, 0.25) is 0 Å². The summed E-state index contributed by atoms with van der Waals surface area (Å²) in [6.45, 7) is 2.91. The third kappa shape index (κ3) is 3.65. The number of nitrogens with one attached hydrogen (secondary N) is 1. The van der Waals surface area contributed by atoms with E-state index >= 15 is 0 Å². The van der Waals surface area contributed by atoms with Crippen molar-refractivity contribution in [3.05, 3.63) is 51.3 Å². The molecule has 1 saturated heterocycles. The molecule has 4 rings (SSSR count). The van der Waals surface area contributed by atoms with Crippen molar-refractivity contribution in [1.82, 2.24) is 14.5 Å². The molecule has 2 aliphatic heterocycles. The minimum atomic E-state index is -1.09. The molecule has 0 saturated carbocycles. The van der Waals surface area contributed by atoms with E-state index in [2.05, 4.69) is 16.9 Å². The molecule has 1 N–H and O–H groups in total. The van der Waals surface area contributed by atoms with Crippen molar-refractivity contribution in [1.29, 1.82) is 0 Å². The van der Waals surface area contributed by atoms with Gasteiger partial charge < -0.3 is 19.2 Å². The number of imidazole rings is 1. The normalized spacial score (nSPS) is 21.6. The van der Waals surface area contributed by atoms with Crippen molar-refractivity contribution >= 4 is 12.2 Å². The Labute approximate surface area is 167 Å². The molecule has 1 fully saturated rings. The van der Waals surface area contributed by atoms with E-state index in [0.717, 1.165) is 62.5 Å². The lowest BCUT2D eigenvalue weighted by Crippen LogP contribution is -2.32. The number of benzene rings is 1. The topological polar surface area (TPSA) is 33.2 Å². The van der Waals surface area contributed by atoms with Crippen LogP contribution < -0.4 is 0 Å². The molecule has 8 heteroatoms. The summed E-state index contributed by atoms with van der Waals surface area (Å²) in [7, 11) is 2.11. The minimum absolute atomic E-state index is 0.176. The molecule has 0 radical (unpaired) electrons. The van der Waals surface area contributed by atoms with Gasteiger partial charge in [0.25, 0.3) is 0 Å². The Hall–Kier alpha value is -1.64. The number of aromatic nitrogens is 2. The molecule has 2 aromatic rings. The summed E-state index contributed by atoms with van der Waals surface area (Å²) in [5, 5.41) is 0. The highest BCUT2D eigenvalue weighted by Crippen LogP contribution is 2.35. The number of hydrogen-bond acceptors (Lipinski definition) is 3. The molecular formula is C20H24F3N3OS. The second-order valence-corrected chi connectivity index (χ2v) is 8.11. The second-order valence-electron chi connectivity index (χ2n) is 7.73. The van der Waals surface area contributed by atoms with E-state index < -0.39 is 23.4 Å². The van der Waals surface area contributed by atoms with E-state index in [1.165, 1.54) is 0 Å². The Morgan fingerprint density at radius 3 is 2.82 bits per heavy atom. The highest BCUT2D eigenvalue weighted by Gasteiger charge is 2.31. The molecule has 4 nitrogen and oxygen atoms in total. The largest absolute Gasteiger partial charge is 0.380 e. The zero-order valence-electron chi connectivity index (χ0n) is 15.8. The molecule has 1 unspecified atom stereocenters. The summed E-state index contributed by atoms with van der Waals surface area (Å²) in [5.41, 5.74) is 1.82. The van der Waals surface area contributed by atoms with Crippen molar-refractivity contribution in [2.75, 3.05) is 26.8 Å². The first-order valence-electron chi connectivity index (χ1n) is 9.67. The van der Waals surface area contributed by atoms with Gasteiger partial charge in [-0.2, -0.15) is 0 Å². The number of hydrogen-bond donors (Lipinski definition) is 1. The van der Waals surface area contributed by atoms with E-state index in [0.29, 0.717) is 23.8 Å². The molecule has 0 amide bonds. The molecule has 1 aromatic carbocycles. The molecule has 0 spiro atoms. The molecule has 152 valence electrons. The number of likely N-dealkylation sites (N-methyl/N-ethyl adjacent to an activating group) is 1. The van der Waals surface area contributed by atoms with E-state index in [9.17, 15) is 13.2 Å². The number of ether oxygens (including phenoxy) is 1. The monoisotopic (exact) mass is 411 g/mol. The van der Waals surface area contributed by atoms with Crippen molar-refractivity contribution in [2.45, 2.75) is 44.2 Å². The first-order valence-corrected chi connectivity index (χ1v) is 10.1. The van der Waals surface area contributed by atoms with E-state index in [1.54, 1.807) is 0 Å². The van der Waals surface area contributed by atoms with Crippen molar-refractivity contribution < 1.29 is 17.9 Å². The fourth-order valence-electron chi connectivity index (χ4n) is 4.37. The van der Waals surface area contributed by atoms with Crippen LogP contribution in [0.25, 0.3) is 0 Å². The lowest BCUT2D eigenvalue weighted by molar-refractivity contribution is 0.158. The quantitative estimate of drug-likeness (QED) is 0.577. The van der Waals surface area contributed by atoms with E-state index in [1.807, 2.05) is 4.57 Å². The van der Waals surface area contributed by atoms with Crippen molar-refractivity contribution in [3.8, 4) is 0 Å². The number of aromatic amines is 1. The number of nitrogens with zero attached hydrogens (tertiary/aromatic N) is 2. The van der Waals surface area contributed by atoms with Crippen molar-refractivity contribution in [3.63, 3.8) is 0 Å². The van der Waals surface area contributed by atoms with Crippen LogP contribution in [0.3, 0.4) is 0 Å². The maximum absolute atomic E-state index is 14.2. The molecule has 28 heavy (non-hydrogen) atoms. The van der Waals surface area contributed by atoms with Gasteiger partial charge in [-0.1, -0.05) is 0 Å². The third-order valence-corrected chi connectivity index (χ3v) is 6.30. The highest BCUT2D eigenvalue weighted by atomic mass is 32.1. The van der Waals surface area contributed by atoms with E-state index in [-0.39, 0.29) is 5.56 Å². The van der Waals surface area contributed by atoms with Crippen molar-refractivity contribution in [2.24, 2.45) is 0 Å². The Kier molecular flexibility index (Phi) is 5.62. The SMILES string of the molecule is CN(CCCc1[nH]c(=S)n2c1C[C@H](c1c(F)ccc(F)c1F)C2)C1CCOC1. The summed E-state index contributed by atoms with van der Waals surface area (Å²) < 4.78 is 49.9. The molecule has 0 bridgehead atoms. The summed E-state index contributed by atoms with van der Waals surface area (Å²) in [6.07, 6.45) is 3.27. The van der Waals surface area contributed by atoms with Gasteiger partial charge in [0.1, 0.15) is 5.82 Å². The first-order chi connectivity index (χ1) is 13.5. The maximum atomic E-state index is 14.2. The molecule has 3 heterocycles. The Balaban J connectivity index is 1.45. The standard InChI is InChI=1S/C20H24F3N3OS/c1-25(13-6-8-27-11-13)7-2-3-16-17-9-12(10-26(17)20(28)24-16)18-14(21)4-5-15(22)19(18)23/h4-5,12-13H,2-3,6-11H2,1H3,(H,24,28)/t12-,13?/m0/s1. The number of rotatable bonds is 6. The Morgan fingerprint density at radius 2 is 2.07 bits per heavy atom. The number of H-pyrrole nitrogens is 1. The summed E-state index contributed by atoms with van der Waals surface area (Å²) in [4.78, 5) is 5.56. The number of aryl methyl sites for hydroxylation is 1. The van der Waals surface area contributed by atoms with Crippen LogP contribution in [0.15, 0.2) is 12.1 Å². The highest BCUT2D eigenvalue weighted by molar-refractivity contribution is 7.71. The average Bonchev–Trinajstić information content (AvgIpc) is 3.38. The first kappa shape index (κ1) is 19.7. The fourth-order valence-corrected chi connectivity index (χ4v) is 4.68. The summed E-state index contributed by atoms with van der Waals surface area (Å²) >= 11 is 5.40. The van der Waals surface area contributed by atoms with Gasteiger partial charge in [0.2, 0.25) is 0 Å². The Bertz CT molecular complexity index is 920. The predicted octanol–water partition coefficient (Wildman–Crippen LogP) is 3.96. The van der Waals surface area contributed by atoms with Gasteiger partial charge in [-0.3, -0.25) is 0 Å². The van der Waals surface area contributed by atoms with Gasteiger partial charge >= 0.3 is 0 Å². The lowest BCUT2D eigenvalue weighted by atomic mass is 9.95. The molecule has 1 aromatic heterocycles. The van der Waals surface area contributed by atoms with Gasteiger partial charge in [0.15, 0.2) is 16.4 Å². The second kappa shape index (κ2) is 8.00. The van der Waals surface area contributed by atoms with Crippen LogP contribution >= 0.6 is 12.2 Å². The Morgan fingerprint density at radius 1 is 1.29 bits per heavy atom. The number of halogens is 3. The van der Waals surface area contributed by atoms with Crippen LogP contribution in [0, 0.1) is 22.2 Å². The molecule has 2 aliphatic rings. The molecular weight excluding hydrogens is 387 g/mol. The van der Waals surface area contributed by atoms with Gasteiger partial charge in [0, 0.05) is 42.1 Å². The van der Waals surface area contributed by atoms with Crippen LogP contribution in [-0.2, 0) is 24.1 Å². The van der Waals surface area contributed by atoms with Crippen LogP contribution in [-0.4, -0.2) is 47.3 Å². The maximum Gasteiger partial charge on any atom is 0.177 e. The molecule has 0 aliphatic carbocycles. The smallest absolute Gasteiger partial charge is 0.177 e. The fraction of sp³-hybridized carbons (Fsp3) is 0.550. The minimum Gasteiger partial charge on any atom is -0.380 e. The third-order valence-electron chi connectivity index (χ3n) is 5.97. The van der Waals surface area contributed by atoms with Gasteiger partial charge in [-0.25, -0.2) is 13.2 Å². The van der Waals surface area contributed by atoms with E-state index in [4.69, 9.17) is 17.0 Å². The van der Waals surface area contributed by atoms with Crippen LogP contribution in [0.4, 0.5) is 13.2 Å². The summed E-state index contributed by atoms with van der Waals surface area (Å²) in [5.74, 6) is -3.25. The average molecular weight is 411 g/mol. The van der Waals surface area contributed by atoms with Crippen LogP contribution in [0.1, 0.15) is 35.7 Å². The predicted molar refractivity (Wildman–Crippen MR) is 103 cm³/mol. The van der Waals surface area contributed by atoms with Crippen LogP contribution in [0.5, 0.6) is 0 Å². The summed E-state index contributed by atoms with van der Waals surface area (Å²) in [6, 6.07) is 2.29. The zero-order chi connectivity index (χ0) is 19.8.